The van der Waals surface area contributed by atoms with Crippen LogP contribution in [0.25, 0.3) is 0 Å². The molecule has 2 rings (SSSR count). The quantitative estimate of drug-likeness (QED) is 0.253. The molecule has 0 aromatic heterocycles. The molecule has 0 saturated carbocycles. The number of halogens is 2. The second-order valence-electron chi connectivity index (χ2n) is 5.19. The van der Waals surface area contributed by atoms with Gasteiger partial charge in [-0.3, -0.25) is 9.89 Å². The van der Waals surface area contributed by atoms with E-state index in [0.29, 0.717) is 13.2 Å². The molecule has 0 spiro atoms. The maximum Gasteiger partial charge on any atom is 0.191 e. The van der Waals surface area contributed by atoms with Gasteiger partial charge in [-0.15, -0.1) is 24.0 Å². The lowest BCUT2D eigenvalue weighted by Crippen LogP contribution is -2.45. The number of morpholine rings is 1. The van der Waals surface area contributed by atoms with Gasteiger partial charge in [0.25, 0.3) is 0 Å². The Kier molecular flexibility index (Phi) is 11.4. The van der Waals surface area contributed by atoms with E-state index in [2.05, 4.69) is 36.5 Å². The zero-order valence-electron chi connectivity index (χ0n) is 14.0. The average molecular weight is 513 g/mol. The number of nitrogens with one attached hydrogen (secondary N) is 2. The summed E-state index contributed by atoms with van der Waals surface area (Å²) in [5.74, 6) is 1.66. The molecule has 1 aliphatic rings. The van der Waals surface area contributed by atoms with Crippen LogP contribution in [0.1, 0.15) is 0 Å². The van der Waals surface area contributed by atoms with Crippen molar-refractivity contribution in [1.29, 1.82) is 0 Å². The number of rotatable bonds is 7. The van der Waals surface area contributed by atoms with Crippen molar-refractivity contribution in [3.8, 4) is 5.75 Å². The van der Waals surface area contributed by atoms with Gasteiger partial charge in [-0.2, -0.15) is 0 Å². The summed E-state index contributed by atoms with van der Waals surface area (Å²) in [7, 11) is 1.78. The van der Waals surface area contributed by atoms with Crippen LogP contribution in [0.15, 0.2) is 33.7 Å². The predicted molar refractivity (Wildman–Crippen MR) is 112 cm³/mol. The normalized spacial score (nSPS) is 15.5. The van der Waals surface area contributed by atoms with Gasteiger partial charge in [0, 0.05) is 37.7 Å². The van der Waals surface area contributed by atoms with Crippen molar-refractivity contribution in [2.24, 2.45) is 4.99 Å². The zero-order chi connectivity index (χ0) is 16.3. The molecule has 2 N–H and O–H groups in total. The summed E-state index contributed by atoms with van der Waals surface area (Å²) in [4.78, 5) is 6.61. The van der Waals surface area contributed by atoms with Crippen LogP contribution in [0, 0.1) is 0 Å². The first kappa shape index (κ1) is 21.5. The van der Waals surface area contributed by atoms with E-state index in [-0.39, 0.29) is 24.0 Å². The van der Waals surface area contributed by atoms with Gasteiger partial charge < -0.3 is 20.1 Å². The van der Waals surface area contributed by atoms with Crippen molar-refractivity contribution < 1.29 is 9.47 Å². The summed E-state index contributed by atoms with van der Waals surface area (Å²) in [6, 6.07) is 7.83. The fourth-order valence-corrected chi connectivity index (χ4v) is 2.65. The van der Waals surface area contributed by atoms with Crippen molar-refractivity contribution in [2.75, 3.05) is 59.6 Å². The molecule has 1 aromatic rings. The summed E-state index contributed by atoms with van der Waals surface area (Å²) >= 11 is 3.43. The fourth-order valence-electron chi connectivity index (χ4n) is 2.27. The van der Waals surface area contributed by atoms with E-state index in [1.807, 2.05) is 24.3 Å². The molecule has 0 unspecified atom stereocenters. The van der Waals surface area contributed by atoms with Crippen LogP contribution >= 0.6 is 39.9 Å². The van der Waals surface area contributed by atoms with Crippen LogP contribution in [0.2, 0.25) is 0 Å². The topological polar surface area (TPSA) is 58.1 Å². The lowest BCUT2D eigenvalue weighted by molar-refractivity contribution is 0.0389. The van der Waals surface area contributed by atoms with Gasteiger partial charge in [0.2, 0.25) is 0 Å². The Bertz CT molecular complexity index is 499. The van der Waals surface area contributed by atoms with Crippen molar-refractivity contribution in [3.63, 3.8) is 0 Å². The molecule has 24 heavy (non-hydrogen) atoms. The van der Waals surface area contributed by atoms with E-state index in [9.17, 15) is 0 Å². The van der Waals surface area contributed by atoms with Crippen LogP contribution in [0.5, 0.6) is 5.75 Å². The second-order valence-corrected chi connectivity index (χ2v) is 6.10. The highest BCUT2D eigenvalue weighted by molar-refractivity contribution is 14.0. The van der Waals surface area contributed by atoms with Crippen LogP contribution in [-0.4, -0.2) is 70.5 Å². The van der Waals surface area contributed by atoms with Crippen molar-refractivity contribution in [1.82, 2.24) is 15.5 Å². The highest BCUT2D eigenvalue weighted by Gasteiger charge is 2.09. The lowest BCUT2D eigenvalue weighted by Gasteiger charge is -2.26. The second kappa shape index (κ2) is 12.7. The standard InChI is InChI=1S/C16H25BrN4O2.HI/c1-18-16(19-5-7-21-8-11-22-12-9-21)20-6-10-23-15-4-2-3-14(17)13-15;/h2-4,13H,5-12H2,1H3,(H2,18,19,20);1H. The maximum absolute atomic E-state index is 5.68. The third-order valence-electron chi connectivity index (χ3n) is 3.51. The van der Waals surface area contributed by atoms with Gasteiger partial charge in [0.1, 0.15) is 12.4 Å². The van der Waals surface area contributed by atoms with Crippen LogP contribution in [0.4, 0.5) is 0 Å². The van der Waals surface area contributed by atoms with Crippen LogP contribution < -0.4 is 15.4 Å². The summed E-state index contributed by atoms with van der Waals surface area (Å²) in [6.07, 6.45) is 0. The Morgan fingerprint density at radius 1 is 1.29 bits per heavy atom. The summed E-state index contributed by atoms with van der Waals surface area (Å²) in [6.45, 7) is 6.83. The first-order valence-electron chi connectivity index (χ1n) is 7.91. The molecule has 6 nitrogen and oxygen atoms in total. The minimum atomic E-state index is 0. The highest BCUT2D eigenvalue weighted by Crippen LogP contribution is 2.17. The first-order chi connectivity index (χ1) is 11.3. The molecule has 0 amide bonds. The smallest absolute Gasteiger partial charge is 0.191 e. The fraction of sp³-hybridized carbons (Fsp3) is 0.562. The van der Waals surface area contributed by atoms with E-state index < -0.39 is 0 Å². The number of ether oxygens (including phenoxy) is 2. The third kappa shape index (κ3) is 8.50. The first-order valence-corrected chi connectivity index (χ1v) is 8.70. The molecule has 1 aromatic carbocycles. The monoisotopic (exact) mass is 512 g/mol. The van der Waals surface area contributed by atoms with E-state index in [0.717, 1.165) is 55.6 Å². The number of hydrogen-bond donors (Lipinski definition) is 2. The predicted octanol–water partition coefficient (Wildman–Crippen LogP) is 1.94. The number of nitrogens with zero attached hydrogens (tertiary/aromatic N) is 2. The number of aliphatic imine (C=N–C) groups is 1. The highest BCUT2D eigenvalue weighted by atomic mass is 127. The van der Waals surface area contributed by atoms with Crippen LogP contribution in [-0.2, 0) is 4.74 Å². The SMILES string of the molecule is CN=C(NCCOc1cccc(Br)c1)NCCN1CCOCC1.I. The molecule has 0 atom stereocenters. The van der Waals surface area contributed by atoms with Crippen LogP contribution in [0.3, 0.4) is 0 Å². The van der Waals surface area contributed by atoms with E-state index in [4.69, 9.17) is 9.47 Å². The largest absolute Gasteiger partial charge is 0.492 e. The van der Waals surface area contributed by atoms with Gasteiger partial charge in [0.15, 0.2) is 5.96 Å². The Balaban J connectivity index is 0.00000288. The third-order valence-corrected chi connectivity index (χ3v) is 4.00. The maximum atomic E-state index is 5.68. The van der Waals surface area contributed by atoms with Crippen molar-refractivity contribution in [3.05, 3.63) is 28.7 Å². The molecule has 136 valence electrons. The Hall–Kier alpha value is -0.580. The number of hydrogen-bond acceptors (Lipinski definition) is 4. The molecular weight excluding hydrogens is 487 g/mol. The van der Waals surface area contributed by atoms with Gasteiger partial charge in [-0.1, -0.05) is 22.0 Å². The lowest BCUT2D eigenvalue weighted by atomic mass is 10.3. The zero-order valence-corrected chi connectivity index (χ0v) is 17.9. The molecule has 1 aliphatic heterocycles. The average Bonchev–Trinajstić information content (AvgIpc) is 2.58. The molecule has 1 heterocycles. The molecule has 0 radical (unpaired) electrons. The Morgan fingerprint density at radius 3 is 2.75 bits per heavy atom. The summed E-state index contributed by atoms with van der Waals surface area (Å²) < 4.78 is 12.0. The molecular formula is C16H26BrIN4O2. The molecule has 1 fully saturated rings. The molecule has 0 bridgehead atoms. The van der Waals surface area contributed by atoms with E-state index in [1.165, 1.54) is 0 Å². The molecule has 8 heteroatoms. The van der Waals surface area contributed by atoms with Gasteiger partial charge in [0.05, 0.1) is 19.8 Å². The van der Waals surface area contributed by atoms with Gasteiger partial charge in [-0.25, -0.2) is 0 Å². The van der Waals surface area contributed by atoms with Crippen molar-refractivity contribution >= 4 is 45.9 Å². The molecule has 0 aliphatic carbocycles. The minimum Gasteiger partial charge on any atom is -0.492 e. The van der Waals surface area contributed by atoms with E-state index in [1.54, 1.807) is 7.05 Å². The van der Waals surface area contributed by atoms with Crippen molar-refractivity contribution in [2.45, 2.75) is 0 Å². The number of benzene rings is 1. The summed E-state index contributed by atoms with van der Waals surface area (Å²) in [5.41, 5.74) is 0. The van der Waals surface area contributed by atoms with Gasteiger partial charge in [-0.05, 0) is 18.2 Å². The van der Waals surface area contributed by atoms with Gasteiger partial charge >= 0.3 is 0 Å². The summed E-state index contributed by atoms with van der Waals surface area (Å²) in [5, 5.41) is 6.57. The number of guanidine groups is 1. The Labute approximate surface area is 169 Å². The molecule has 1 saturated heterocycles. The van der Waals surface area contributed by atoms with E-state index >= 15 is 0 Å². The Morgan fingerprint density at radius 2 is 2.04 bits per heavy atom. The minimum absolute atomic E-state index is 0.